The van der Waals surface area contributed by atoms with Crippen molar-refractivity contribution in [2.24, 2.45) is 5.92 Å². The van der Waals surface area contributed by atoms with Gasteiger partial charge in [0.1, 0.15) is 13.2 Å². The molecule has 0 fully saturated rings. The van der Waals surface area contributed by atoms with E-state index in [9.17, 15) is 14.4 Å². The molecule has 0 aromatic rings. The van der Waals surface area contributed by atoms with Gasteiger partial charge in [-0.15, -0.1) is 0 Å². The van der Waals surface area contributed by atoms with Gasteiger partial charge in [-0.2, -0.15) is 0 Å². The molecular formula is C56H108O6. The lowest BCUT2D eigenvalue weighted by molar-refractivity contribution is -0.167. The molecule has 0 spiro atoms. The Morgan fingerprint density at radius 2 is 0.565 bits per heavy atom. The maximum Gasteiger partial charge on any atom is 0.306 e. The van der Waals surface area contributed by atoms with Gasteiger partial charge in [-0.3, -0.25) is 14.4 Å². The Morgan fingerprint density at radius 3 is 0.839 bits per heavy atom. The van der Waals surface area contributed by atoms with Gasteiger partial charge in [-0.05, 0) is 25.2 Å². The number of esters is 3. The third-order valence-electron chi connectivity index (χ3n) is 13.2. The summed E-state index contributed by atoms with van der Waals surface area (Å²) in [5.41, 5.74) is 0. The topological polar surface area (TPSA) is 78.9 Å². The second kappa shape index (κ2) is 50.4. The molecule has 368 valence electrons. The lowest BCUT2D eigenvalue weighted by atomic mass is 9.99. The number of hydrogen-bond acceptors (Lipinski definition) is 6. The van der Waals surface area contributed by atoms with Gasteiger partial charge >= 0.3 is 17.9 Å². The molecule has 0 radical (unpaired) electrons. The molecular weight excluding hydrogens is 769 g/mol. The van der Waals surface area contributed by atoms with Gasteiger partial charge in [0.05, 0.1) is 0 Å². The number of carbonyl (C=O) groups excluding carboxylic acids is 3. The van der Waals surface area contributed by atoms with Crippen LogP contribution in [0.15, 0.2) is 0 Å². The Labute approximate surface area is 387 Å². The van der Waals surface area contributed by atoms with Gasteiger partial charge in [0, 0.05) is 19.3 Å². The fourth-order valence-corrected chi connectivity index (χ4v) is 8.54. The van der Waals surface area contributed by atoms with Gasteiger partial charge in [0.25, 0.3) is 0 Å². The minimum absolute atomic E-state index is 0.0627. The van der Waals surface area contributed by atoms with E-state index in [1.165, 1.54) is 212 Å². The van der Waals surface area contributed by atoms with Crippen LogP contribution >= 0.6 is 0 Å². The average molecular weight is 877 g/mol. The first-order chi connectivity index (χ1) is 30.4. The molecule has 0 aliphatic rings. The van der Waals surface area contributed by atoms with Crippen LogP contribution in [0.4, 0.5) is 0 Å². The summed E-state index contributed by atoms with van der Waals surface area (Å²) in [6.45, 7) is 9.05. The van der Waals surface area contributed by atoms with Crippen molar-refractivity contribution in [1.29, 1.82) is 0 Å². The van der Waals surface area contributed by atoms with E-state index in [1.807, 2.05) is 0 Å². The first-order valence-electron chi connectivity index (χ1n) is 27.9. The number of ether oxygens (including phenoxy) is 3. The van der Waals surface area contributed by atoms with Crippen LogP contribution in [0.2, 0.25) is 0 Å². The molecule has 0 aromatic heterocycles. The van der Waals surface area contributed by atoms with E-state index < -0.39 is 6.10 Å². The van der Waals surface area contributed by atoms with Gasteiger partial charge in [0.2, 0.25) is 0 Å². The standard InChI is InChI=1S/C56H108O6/c1-5-8-10-12-14-16-18-20-21-22-23-24-25-27-29-31-36-40-44-48-55(58)61-51-53(62-56(59)49-45-41-37-33-32-34-38-42-46-52(4)7-3)50-60-54(57)47-43-39-35-30-28-26-19-17-15-13-11-9-6-2/h52-53H,5-51H2,1-4H3/t52?,53-/m1/s1. The number of hydrogen-bond donors (Lipinski definition) is 0. The van der Waals surface area contributed by atoms with Gasteiger partial charge in [-0.1, -0.05) is 278 Å². The molecule has 0 aliphatic carbocycles. The lowest BCUT2D eigenvalue weighted by Gasteiger charge is -2.18. The van der Waals surface area contributed by atoms with E-state index in [2.05, 4.69) is 27.7 Å². The predicted octanol–water partition coefficient (Wildman–Crippen LogP) is 18.2. The highest BCUT2D eigenvalue weighted by atomic mass is 16.6. The van der Waals surface area contributed by atoms with E-state index in [0.717, 1.165) is 63.7 Å². The Kier molecular flexibility index (Phi) is 49.1. The molecule has 0 bridgehead atoms. The molecule has 0 rings (SSSR count). The highest BCUT2D eigenvalue weighted by molar-refractivity contribution is 5.71. The van der Waals surface area contributed by atoms with Gasteiger partial charge in [0.15, 0.2) is 6.10 Å². The summed E-state index contributed by atoms with van der Waals surface area (Å²) in [4.78, 5) is 38.0. The van der Waals surface area contributed by atoms with Crippen molar-refractivity contribution in [2.45, 2.75) is 323 Å². The molecule has 62 heavy (non-hydrogen) atoms. The minimum Gasteiger partial charge on any atom is -0.462 e. The number of unbranched alkanes of at least 4 members (excludes halogenated alkanes) is 37. The second-order valence-electron chi connectivity index (χ2n) is 19.5. The van der Waals surface area contributed by atoms with E-state index in [-0.39, 0.29) is 31.1 Å². The molecule has 0 N–H and O–H groups in total. The lowest BCUT2D eigenvalue weighted by Crippen LogP contribution is -2.30. The van der Waals surface area contributed by atoms with Crippen LogP contribution in [0.1, 0.15) is 317 Å². The minimum atomic E-state index is -0.762. The van der Waals surface area contributed by atoms with Crippen molar-refractivity contribution in [1.82, 2.24) is 0 Å². The van der Waals surface area contributed by atoms with Gasteiger partial charge in [-0.25, -0.2) is 0 Å². The summed E-state index contributed by atoms with van der Waals surface area (Å²) in [5, 5.41) is 0. The largest absolute Gasteiger partial charge is 0.462 e. The summed E-state index contributed by atoms with van der Waals surface area (Å²) in [6, 6.07) is 0. The summed E-state index contributed by atoms with van der Waals surface area (Å²) in [7, 11) is 0. The number of rotatable bonds is 51. The Hall–Kier alpha value is -1.59. The quantitative estimate of drug-likeness (QED) is 0.0344. The average Bonchev–Trinajstić information content (AvgIpc) is 3.27. The summed E-state index contributed by atoms with van der Waals surface area (Å²) in [6.07, 6.45) is 53.7. The molecule has 0 amide bonds. The van der Waals surface area contributed by atoms with Crippen molar-refractivity contribution in [3.8, 4) is 0 Å². The van der Waals surface area contributed by atoms with Crippen molar-refractivity contribution in [2.75, 3.05) is 13.2 Å². The van der Waals surface area contributed by atoms with Crippen LogP contribution in [-0.2, 0) is 28.6 Å². The first kappa shape index (κ1) is 60.4. The highest BCUT2D eigenvalue weighted by Gasteiger charge is 2.19. The monoisotopic (exact) mass is 877 g/mol. The Bertz CT molecular complexity index is 935. The Balaban J connectivity index is 4.25. The molecule has 2 atom stereocenters. The summed E-state index contributed by atoms with van der Waals surface area (Å²) < 4.78 is 16.8. The van der Waals surface area contributed by atoms with E-state index in [1.54, 1.807) is 0 Å². The zero-order valence-corrected chi connectivity index (χ0v) is 42.3. The van der Waals surface area contributed by atoms with Crippen LogP contribution in [0, 0.1) is 5.92 Å². The second-order valence-corrected chi connectivity index (χ2v) is 19.5. The third kappa shape index (κ3) is 47.9. The van der Waals surface area contributed by atoms with Crippen LogP contribution in [0.5, 0.6) is 0 Å². The molecule has 6 heteroatoms. The molecule has 0 saturated heterocycles. The molecule has 0 aliphatic heterocycles. The smallest absolute Gasteiger partial charge is 0.306 e. The number of carbonyl (C=O) groups is 3. The van der Waals surface area contributed by atoms with Crippen LogP contribution in [-0.4, -0.2) is 37.2 Å². The zero-order chi connectivity index (χ0) is 45.2. The van der Waals surface area contributed by atoms with Crippen molar-refractivity contribution < 1.29 is 28.6 Å². The fraction of sp³-hybridized carbons (Fsp3) is 0.946. The van der Waals surface area contributed by atoms with E-state index in [4.69, 9.17) is 14.2 Å². The molecule has 1 unspecified atom stereocenters. The molecule has 0 aromatic carbocycles. The molecule has 6 nitrogen and oxygen atoms in total. The van der Waals surface area contributed by atoms with E-state index in [0.29, 0.717) is 19.3 Å². The summed E-state index contributed by atoms with van der Waals surface area (Å²) >= 11 is 0. The highest BCUT2D eigenvalue weighted by Crippen LogP contribution is 2.18. The van der Waals surface area contributed by atoms with Crippen molar-refractivity contribution in [3.05, 3.63) is 0 Å². The van der Waals surface area contributed by atoms with Gasteiger partial charge < -0.3 is 14.2 Å². The maximum atomic E-state index is 12.8. The van der Waals surface area contributed by atoms with Crippen LogP contribution < -0.4 is 0 Å². The molecule has 0 heterocycles. The SMILES string of the molecule is CCCCCCCCCCCCCCCCCCCCCC(=O)OC[C@@H](COC(=O)CCCCCCCCCCCCCCC)OC(=O)CCCCCCCCCCC(C)CC. The maximum absolute atomic E-state index is 12.8. The predicted molar refractivity (Wildman–Crippen MR) is 266 cm³/mol. The Morgan fingerprint density at radius 1 is 0.323 bits per heavy atom. The first-order valence-corrected chi connectivity index (χ1v) is 27.9. The normalized spacial score (nSPS) is 12.4. The third-order valence-corrected chi connectivity index (χ3v) is 13.2. The summed E-state index contributed by atoms with van der Waals surface area (Å²) in [5.74, 6) is 0.00337. The van der Waals surface area contributed by atoms with Crippen LogP contribution in [0.25, 0.3) is 0 Å². The zero-order valence-electron chi connectivity index (χ0n) is 42.3. The van der Waals surface area contributed by atoms with Crippen molar-refractivity contribution >= 4 is 17.9 Å². The fourth-order valence-electron chi connectivity index (χ4n) is 8.54. The van der Waals surface area contributed by atoms with Crippen molar-refractivity contribution in [3.63, 3.8) is 0 Å². The molecule has 0 saturated carbocycles. The van der Waals surface area contributed by atoms with Crippen LogP contribution in [0.3, 0.4) is 0 Å². The van der Waals surface area contributed by atoms with E-state index >= 15 is 0 Å².